The van der Waals surface area contributed by atoms with Crippen LogP contribution in [0.3, 0.4) is 0 Å². The number of alkyl halides is 3. The largest absolute Gasteiger partial charge is 0.504 e. The molecule has 0 radical (unpaired) electrons. The molecule has 284 valence electrons. The van der Waals surface area contributed by atoms with Crippen LogP contribution in [-0.2, 0) is 40.3 Å². The van der Waals surface area contributed by atoms with Crippen LogP contribution in [0.2, 0.25) is 5.02 Å². The second kappa shape index (κ2) is 20.0. The summed E-state index contributed by atoms with van der Waals surface area (Å²) in [6, 6.07) is 8.87. The van der Waals surface area contributed by atoms with Gasteiger partial charge >= 0.3 is 6.18 Å². The second-order valence-corrected chi connectivity index (χ2v) is 11.7. The van der Waals surface area contributed by atoms with Crippen LogP contribution in [0.5, 0.6) is 5.75 Å². The maximum absolute atomic E-state index is 13.3. The molecule has 0 atom stereocenters. The molecular weight excluding hydrogens is 719 g/mol. The summed E-state index contributed by atoms with van der Waals surface area (Å²) < 4.78 is 45.4. The second-order valence-electron chi connectivity index (χ2n) is 11.3. The molecule has 1 saturated heterocycles. The Labute approximate surface area is 309 Å². The number of aliphatic imine (C=N–C) groups is 1. The molecule has 0 spiro atoms. The molecule has 2 aromatic carbocycles. The zero-order valence-electron chi connectivity index (χ0n) is 29.4. The molecule has 4 N–H and O–H groups in total. The van der Waals surface area contributed by atoms with E-state index in [1.807, 2.05) is 30.1 Å². The SMILES string of the molecule is C=N/C(=N\N(Cc1ccc(C(F)(F)F)cc1Cl)N1CCN(C(=O)c2ncnc(C)c2O)CC1)c1cccc2c1COC2.CC/C(=C/C=O)NC.NC=O. The number of aromatic hydroxyl groups is 1. The lowest BCUT2D eigenvalue weighted by Gasteiger charge is -2.39. The van der Waals surface area contributed by atoms with Crippen molar-refractivity contribution < 1.29 is 37.4 Å². The highest BCUT2D eigenvalue weighted by Gasteiger charge is 2.32. The van der Waals surface area contributed by atoms with Crippen molar-refractivity contribution in [3.8, 4) is 5.75 Å². The summed E-state index contributed by atoms with van der Waals surface area (Å²) in [6.07, 6.45) is 0.137. The van der Waals surface area contributed by atoms with Gasteiger partial charge in [0, 0.05) is 49.5 Å². The molecule has 14 nitrogen and oxygen atoms in total. The lowest BCUT2D eigenvalue weighted by molar-refractivity contribution is -0.137. The number of fused-ring (bicyclic) bond motifs is 1. The monoisotopic (exact) mass is 759 g/mol. The van der Waals surface area contributed by atoms with E-state index in [0.717, 1.165) is 47.2 Å². The number of aromatic nitrogens is 2. The Kier molecular flexibility index (Phi) is 15.9. The lowest BCUT2D eigenvalue weighted by atomic mass is 10.0. The van der Waals surface area contributed by atoms with Gasteiger partial charge in [-0.1, -0.05) is 42.8 Å². The molecule has 18 heteroatoms. The molecule has 1 fully saturated rings. The van der Waals surface area contributed by atoms with Gasteiger partial charge in [-0.2, -0.15) is 13.2 Å². The normalized spacial score (nSPS) is 14.5. The van der Waals surface area contributed by atoms with Crippen molar-refractivity contribution in [2.75, 3.05) is 33.2 Å². The maximum Gasteiger partial charge on any atom is 0.416 e. The fourth-order valence-electron chi connectivity index (χ4n) is 5.26. The first kappa shape index (κ1) is 42.0. The third kappa shape index (κ3) is 11.3. The number of amidine groups is 1. The lowest BCUT2D eigenvalue weighted by Crippen LogP contribution is -2.53. The van der Waals surface area contributed by atoms with Gasteiger partial charge < -0.3 is 25.8 Å². The number of amides is 2. The fraction of sp³-hybridized carbons (Fsp3) is 0.343. The fourth-order valence-corrected chi connectivity index (χ4v) is 5.50. The smallest absolute Gasteiger partial charge is 0.416 e. The number of rotatable bonds is 9. The van der Waals surface area contributed by atoms with Gasteiger partial charge in [0.15, 0.2) is 17.3 Å². The zero-order valence-corrected chi connectivity index (χ0v) is 30.2. The molecule has 1 aromatic heterocycles. The van der Waals surface area contributed by atoms with E-state index in [2.05, 4.69) is 32.7 Å². The number of hydrogen-bond acceptors (Lipinski definition) is 11. The van der Waals surface area contributed by atoms with Crippen LogP contribution in [0.25, 0.3) is 0 Å². The summed E-state index contributed by atoms with van der Waals surface area (Å²) in [4.78, 5) is 45.1. The summed E-state index contributed by atoms with van der Waals surface area (Å²) in [5.74, 6) is -0.402. The van der Waals surface area contributed by atoms with Crippen LogP contribution >= 0.6 is 11.6 Å². The average Bonchev–Trinajstić information content (AvgIpc) is 3.64. The van der Waals surface area contributed by atoms with Crippen molar-refractivity contribution in [2.45, 2.75) is 46.2 Å². The quantitative estimate of drug-likeness (QED) is 0.0940. The van der Waals surface area contributed by atoms with Crippen molar-refractivity contribution in [2.24, 2.45) is 15.8 Å². The minimum absolute atomic E-state index is 0.0291. The topological polar surface area (TPSA) is 179 Å². The number of hydrazone groups is 1. The number of carbonyl (C=O) groups excluding carboxylic acids is 3. The third-order valence-electron chi connectivity index (χ3n) is 8.12. The number of hydrazine groups is 1. The number of nitrogens with zero attached hydrogens (tertiary/aromatic N) is 7. The van der Waals surface area contributed by atoms with E-state index < -0.39 is 17.6 Å². The standard InChI is InChI=1S/C28H27ClF3N7O3.C6H11NO.CH3NO/c1-17-25(40)24(35-16-34-17)27(41)37-8-10-38(11-9-37)39(13-18-6-7-20(12-23(18)29)28(30,31)32)36-26(33-2)21-5-3-4-19-14-42-15-22(19)21;1-3-6(7-2)4-5-8;2-1-3/h3-7,12,16,40H,2,8-11,13-15H2,1H3;4-5,7H,3H2,1-2H3;1H,(H2,2,3)/b36-26-;6-4-;. The van der Waals surface area contributed by atoms with Crippen molar-refractivity contribution in [3.05, 3.63) is 98.7 Å². The number of nitrogens with two attached hydrogens (primary N) is 1. The number of carbonyl (C=O) groups is 3. The van der Waals surface area contributed by atoms with Crippen molar-refractivity contribution in [1.82, 2.24) is 30.3 Å². The number of aldehydes is 1. The van der Waals surface area contributed by atoms with Crippen LogP contribution in [0.15, 0.2) is 64.6 Å². The van der Waals surface area contributed by atoms with Gasteiger partial charge in [-0.15, -0.1) is 5.10 Å². The van der Waals surface area contributed by atoms with Crippen molar-refractivity contribution >= 4 is 42.8 Å². The molecule has 0 unspecified atom stereocenters. The van der Waals surface area contributed by atoms with E-state index in [0.29, 0.717) is 43.4 Å². The predicted molar refractivity (Wildman–Crippen MR) is 193 cm³/mol. The molecule has 2 aliphatic rings. The number of primary amides is 1. The Morgan fingerprint density at radius 1 is 1.17 bits per heavy atom. The zero-order chi connectivity index (χ0) is 39.1. The van der Waals surface area contributed by atoms with Crippen molar-refractivity contribution in [3.63, 3.8) is 0 Å². The number of allylic oxidation sites excluding steroid dienone is 2. The molecule has 0 aliphatic carbocycles. The van der Waals surface area contributed by atoms with Crippen LogP contribution in [0.1, 0.15) is 57.3 Å². The van der Waals surface area contributed by atoms with E-state index in [1.165, 1.54) is 18.5 Å². The number of halogens is 4. The summed E-state index contributed by atoms with van der Waals surface area (Å²) in [7, 11) is 1.80. The number of hydrogen-bond donors (Lipinski definition) is 3. The van der Waals surface area contributed by atoms with E-state index >= 15 is 0 Å². The Hall–Kier alpha value is -5.39. The van der Waals surface area contributed by atoms with E-state index in [4.69, 9.17) is 26.2 Å². The molecule has 0 bridgehead atoms. The van der Waals surface area contributed by atoms with Gasteiger partial charge in [0.25, 0.3) is 5.91 Å². The minimum Gasteiger partial charge on any atom is -0.504 e. The first-order chi connectivity index (χ1) is 25.3. The molecule has 53 heavy (non-hydrogen) atoms. The predicted octanol–water partition coefficient (Wildman–Crippen LogP) is 4.23. The van der Waals surface area contributed by atoms with Crippen LogP contribution in [0, 0.1) is 6.92 Å². The van der Waals surface area contributed by atoms with Crippen molar-refractivity contribution in [1.29, 1.82) is 0 Å². The molecule has 0 saturated carbocycles. The number of benzene rings is 2. The Balaban J connectivity index is 0.000000602. The van der Waals surface area contributed by atoms with Gasteiger partial charge in [0.05, 0.1) is 31.0 Å². The highest BCUT2D eigenvalue weighted by atomic mass is 35.5. The van der Waals surface area contributed by atoms with Gasteiger partial charge in [-0.3, -0.25) is 14.4 Å². The minimum atomic E-state index is -4.53. The molecule has 5 rings (SSSR count). The first-order valence-electron chi connectivity index (χ1n) is 16.2. The number of nitrogens with one attached hydrogen (secondary N) is 1. The molecule has 2 amide bonds. The van der Waals surface area contributed by atoms with E-state index in [9.17, 15) is 27.9 Å². The third-order valence-corrected chi connectivity index (χ3v) is 8.47. The van der Waals surface area contributed by atoms with E-state index in [-0.39, 0.29) is 42.5 Å². The van der Waals surface area contributed by atoms with E-state index in [1.54, 1.807) is 24.0 Å². The summed E-state index contributed by atoms with van der Waals surface area (Å²) >= 11 is 6.31. The van der Waals surface area contributed by atoms with Gasteiger partial charge in [0.2, 0.25) is 6.41 Å². The summed E-state index contributed by atoms with van der Waals surface area (Å²) in [6.45, 7) is 9.32. The molecule has 3 heterocycles. The number of piperazine rings is 1. The summed E-state index contributed by atoms with van der Waals surface area (Å²) in [5, 5.41) is 21.3. The van der Waals surface area contributed by atoms with Crippen LogP contribution < -0.4 is 11.1 Å². The number of aryl methyl sites for hydroxylation is 1. The maximum atomic E-state index is 13.3. The van der Waals surface area contributed by atoms with Gasteiger partial charge in [0.1, 0.15) is 12.6 Å². The molecule has 2 aliphatic heterocycles. The average molecular weight is 760 g/mol. The highest BCUT2D eigenvalue weighted by molar-refractivity contribution is 6.31. The van der Waals surface area contributed by atoms with Gasteiger partial charge in [-0.25, -0.2) is 25.1 Å². The molecule has 3 aromatic rings. The summed E-state index contributed by atoms with van der Waals surface area (Å²) in [5.41, 5.74) is 7.59. The highest BCUT2D eigenvalue weighted by Crippen LogP contribution is 2.33. The number of ether oxygens (including phenoxy) is 1. The Morgan fingerprint density at radius 2 is 1.87 bits per heavy atom. The first-order valence-corrected chi connectivity index (χ1v) is 16.6. The van der Waals surface area contributed by atoms with Gasteiger partial charge in [-0.05, 0) is 55.0 Å². The molecular formula is C35H41ClF3N9O5. The Bertz CT molecular complexity index is 1810. The Morgan fingerprint density at radius 3 is 2.43 bits per heavy atom. The van der Waals surface area contributed by atoms with Crippen LogP contribution in [0.4, 0.5) is 13.2 Å². The van der Waals surface area contributed by atoms with Crippen LogP contribution in [-0.4, -0.2) is 94.5 Å².